The average Bonchev–Trinajstić information content (AvgIpc) is 3.28. The number of carbonyl (C=O) groups excluding carboxylic acids is 2. The summed E-state index contributed by atoms with van der Waals surface area (Å²) in [5.41, 5.74) is 6.36. The minimum atomic E-state index is -0.202. The molecule has 1 atom stereocenters. The molecule has 38 heavy (non-hydrogen) atoms. The molecule has 0 saturated heterocycles. The normalized spacial score (nSPS) is 16.2. The third kappa shape index (κ3) is 4.08. The molecule has 6 rings (SSSR count). The standard InChI is InChI=1S/C31H32N4O3/c1-33-26-9-5-4-8-25(26)31(37)35-19-16-24-23-7-3-6-10-27(23)34(29(24)30(33)35)20-17-28(36)32-18-15-21-11-13-22(38-2)14-12-21/h3-14,30H,15-20H2,1-2H3,(H,32,36)/t30-/m1/s1. The largest absolute Gasteiger partial charge is 0.497 e. The van der Waals surface area contributed by atoms with Crippen molar-refractivity contribution < 1.29 is 14.3 Å². The van der Waals surface area contributed by atoms with E-state index in [2.05, 4.69) is 40.0 Å². The number of para-hydroxylation sites is 2. The molecule has 7 heteroatoms. The molecule has 1 N–H and O–H groups in total. The summed E-state index contributed by atoms with van der Waals surface area (Å²) < 4.78 is 7.48. The Morgan fingerprint density at radius 2 is 1.79 bits per heavy atom. The van der Waals surface area contributed by atoms with E-state index in [0.29, 0.717) is 26.1 Å². The highest BCUT2D eigenvalue weighted by atomic mass is 16.5. The molecule has 0 aliphatic carbocycles. The molecule has 3 aromatic carbocycles. The first-order valence-electron chi connectivity index (χ1n) is 13.2. The van der Waals surface area contributed by atoms with E-state index < -0.39 is 0 Å². The molecule has 0 bridgehead atoms. The van der Waals surface area contributed by atoms with Crippen molar-refractivity contribution in [1.29, 1.82) is 0 Å². The van der Waals surface area contributed by atoms with Gasteiger partial charge in [0.25, 0.3) is 5.91 Å². The van der Waals surface area contributed by atoms with Crippen molar-refractivity contribution in [2.45, 2.75) is 32.0 Å². The van der Waals surface area contributed by atoms with Crippen molar-refractivity contribution in [3.8, 4) is 5.75 Å². The summed E-state index contributed by atoms with van der Waals surface area (Å²) >= 11 is 0. The van der Waals surface area contributed by atoms with Crippen molar-refractivity contribution >= 4 is 28.4 Å². The molecular weight excluding hydrogens is 476 g/mol. The second-order valence-corrected chi connectivity index (χ2v) is 9.98. The van der Waals surface area contributed by atoms with E-state index in [4.69, 9.17) is 4.74 Å². The van der Waals surface area contributed by atoms with Gasteiger partial charge in [0.2, 0.25) is 5.91 Å². The Balaban J connectivity index is 1.24. The first kappa shape index (κ1) is 24.1. The molecule has 3 heterocycles. The Hall–Kier alpha value is -4.26. The Kier molecular flexibility index (Phi) is 6.27. The lowest BCUT2D eigenvalue weighted by molar-refractivity contribution is -0.121. The number of nitrogens with zero attached hydrogens (tertiary/aromatic N) is 3. The highest BCUT2D eigenvalue weighted by Gasteiger charge is 2.42. The van der Waals surface area contributed by atoms with Gasteiger partial charge in [-0.25, -0.2) is 0 Å². The minimum Gasteiger partial charge on any atom is -0.497 e. The van der Waals surface area contributed by atoms with Crippen LogP contribution in [0.4, 0.5) is 5.69 Å². The molecular formula is C31H32N4O3. The number of benzene rings is 3. The average molecular weight is 509 g/mol. The number of amides is 2. The summed E-state index contributed by atoms with van der Waals surface area (Å²) in [4.78, 5) is 30.6. The van der Waals surface area contributed by atoms with Crippen molar-refractivity contribution in [3.63, 3.8) is 0 Å². The van der Waals surface area contributed by atoms with Gasteiger partial charge < -0.3 is 24.4 Å². The Bertz CT molecular complexity index is 1510. The van der Waals surface area contributed by atoms with Gasteiger partial charge in [-0.05, 0) is 54.3 Å². The van der Waals surface area contributed by atoms with Crippen LogP contribution in [0.1, 0.15) is 39.8 Å². The molecule has 0 radical (unpaired) electrons. The van der Waals surface area contributed by atoms with E-state index in [-0.39, 0.29) is 18.0 Å². The van der Waals surface area contributed by atoms with Gasteiger partial charge in [0.1, 0.15) is 11.9 Å². The van der Waals surface area contributed by atoms with Crippen LogP contribution in [0.2, 0.25) is 0 Å². The molecule has 0 fully saturated rings. The fourth-order valence-electron chi connectivity index (χ4n) is 5.99. The van der Waals surface area contributed by atoms with Gasteiger partial charge in [-0.3, -0.25) is 9.59 Å². The van der Waals surface area contributed by atoms with Crippen LogP contribution in [-0.2, 0) is 24.2 Å². The third-order valence-corrected chi connectivity index (χ3v) is 7.86. The highest BCUT2D eigenvalue weighted by Crippen LogP contribution is 2.44. The summed E-state index contributed by atoms with van der Waals surface area (Å²) in [5.74, 6) is 0.922. The van der Waals surface area contributed by atoms with Crippen LogP contribution < -0.4 is 15.0 Å². The monoisotopic (exact) mass is 508 g/mol. The second kappa shape index (κ2) is 9.89. The summed E-state index contributed by atoms with van der Waals surface area (Å²) in [6, 6.07) is 24.1. The molecule has 7 nitrogen and oxygen atoms in total. The number of hydrogen-bond donors (Lipinski definition) is 1. The van der Waals surface area contributed by atoms with Crippen molar-refractivity contribution in [1.82, 2.24) is 14.8 Å². The molecule has 194 valence electrons. The van der Waals surface area contributed by atoms with Gasteiger partial charge in [-0.1, -0.05) is 42.5 Å². The van der Waals surface area contributed by atoms with Crippen LogP contribution in [0, 0.1) is 0 Å². The number of carbonyl (C=O) groups is 2. The zero-order chi connectivity index (χ0) is 26.2. The summed E-state index contributed by atoms with van der Waals surface area (Å²) in [5, 5.41) is 4.29. The zero-order valence-corrected chi connectivity index (χ0v) is 21.8. The smallest absolute Gasteiger partial charge is 0.257 e. The third-order valence-electron chi connectivity index (χ3n) is 7.86. The lowest BCUT2D eigenvalue weighted by atomic mass is 9.96. The van der Waals surface area contributed by atoms with Gasteiger partial charge in [0, 0.05) is 44.0 Å². The molecule has 0 spiro atoms. The van der Waals surface area contributed by atoms with E-state index in [1.807, 2.05) is 59.5 Å². The SMILES string of the molecule is COc1ccc(CCNC(=O)CCn2c3c(c4ccccc42)CCN2C(=O)c4ccccc4N(C)[C@@H]32)cc1. The van der Waals surface area contributed by atoms with Crippen LogP contribution in [0.25, 0.3) is 10.9 Å². The van der Waals surface area contributed by atoms with Crippen molar-refractivity contribution in [3.05, 3.63) is 95.2 Å². The van der Waals surface area contributed by atoms with Gasteiger partial charge in [-0.2, -0.15) is 0 Å². The maximum atomic E-state index is 13.5. The van der Waals surface area contributed by atoms with E-state index in [0.717, 1.165) is 46.6 Å². The Morgan fingerprint density at radius 1 is 1.03 bits per heavy atom. The summed E-state index contributed by atoms with van der Waals surface area (Å²) in [6.45, 7) is 1.81. The second-order valence-electron chi connectivity index (χ2n) is 9.98. The van der Waals surface area contributed by atoms with Crippen LogP contribution in [0.3, 0.4) is 0 Å². The van der Waals surface area contributed by atoms with Gasteiger partial charge in [0.05, 0.1) is 24.1 Å². The fourth-order valence-corrected chi connectivity index (χ4v) is 5.99. The minimum absolute atomic E-state index is 0.0242. The molecule has 1 aromatic heterocycles. The first-order valence-corrected chi connectivity index (χ1v) is 13.2. The van der Waals surface area contributed by atoms with Gasteiger partial charge in [0.15, 0.2) is 0 Å². The number of fused-ring (bicyclic) bond motifs is 6. The topological polar surface area (TPSA) is 66.8 Å². The Morgan fingerprint density at radius 3 is 2.61 bits per heavy atom. The summed E-state index contributed by atoms with van der Waals surface area (Å²) in [7, 11) is 3.72. The maximum absolute atomic E-state index is 13.5. The fraction of sp³-hybridized carbons (Fsp3) is 0.290. The maximum Gasteiger partial charge on any atom is 0.257 e. The van der Waals surface area contributed by atoms with Crippen LogP contribution in [-0.4, -0.2) is 48.5 Å². The van der Waals surface area contributed by atoms with E-state index in [9.17, 15) is 9.59 Å². The molecule has 2 aliphatic heterocycles. The number of methoxy groups -OCH3 is 1. The number of hydrogen-bond acceptors (Lipinski definition) is 4. The molecule has 2 aliphatic rings. The van der Waals surface area contributed by atoms with E-state index >= 15 is 0 Å². The lowest BCUT2D eigenvalue weighted by Crippen LogP contribution is -2.51. The van der Waals surface area contributed by atoms with Crippen molar-refractivity contribution in [2.24, 2.45) is 0 Å². The van der Waals surface area contributed by atoms with Crippen LogP contribution in [0.5, 0.6) is 5.75 Å². The van der Waals surface area contributed by atoms with Gasteiger partial charge in [-0.15, -0.1) is 0 Å². The van der Waals surface area contributed by atoms with Crippen molar-refractivity contribution in [2.75, 3.05) is 32.1 Å². The first-order chi connectivity index (χ1) is 18.6. The number of aromatic nitrogens is 1. The number of anilines is 1. The highest BCUT2D eigenvalue weighted by molar-refractivity contribution is 6.02. The predicted molar refractivity (Wildman–Crippen MR) is 149 cm³/mol. The van der Waals surface area contributed by atoms with Crippen LogP contribution >= 0.6 is 0 Å². The van der Waals surface area contributed by atoms with E-state index in [1.165, 1.54) is 10.9 Å². The molecule has 0 unspecified atom stereocenters. The number of nitrogens with one attached hydrogen (secondary N) is 1. The van der Waals surface area contributed by atoms with Gasteiger partial charge >= 0.3 is 0 Å². The number of ether oxygens (including phenoxy) is 1. The molecule has 0 saturated carbocycles. The lowest BCUT2D eigenvalue weighted by Gasteiger charge is -2.46. The number of rotatable bonds is 7. The summed E-state index contributed by atoms with van der Waals surface area (Å²) in [6.07, 6.45) is 1.73. The van der Waals surface area contributed by atoms with Crippen LogP contribution in [0.15, 0.2) is 72.8 Å². The molecule has 2 amide bonds. The number of aryl methyl sites for hydroxylation is 1. The predicted octanol–water partition coefficient (Wildman–Crippen LogP) is 4.55. The zero-order valence-electron chi connectivity index (χ0n) is 21.8. The molecule has 4 aromatic rings. The van der Waals surface area contributed by atoms with E-state index in [1.54, 1.807) is 7.11 Å². The Labute approximate surface area is 222 Å². The quantitative estimate of drug-likeness (QED) is 0.398.